The first kappa shape index (κ1) is 15.4. The predicted molar refractivity (Wildman–Crippen MR) is 74.7 cm³/mol. The van der Waals surface area contributed by atoms with Crippen LogP contribution in [0, 0.1) is 17.6 Å². The molecule has 0 radical (unpaired) electrons. The molecule has 1 aromatic carbocycles. The molecule has 2 atom stereocenters. The molecule has 0 spiro atoms. The number of hydrogen-bond donors (Lipinski definition) is 1. The van der Waals surface area contributed by atoms with Gasteiger partial charge in [0.1, 0.15) is 23.7 Å². The number of hydrogen-bond acceptors (Lipinski definition) is 2. The highest BCUT2D eigenvalue weighted by Gasteiger charge is 2.42. The number of anilines is 1. The van der Waals surface area contributed by atoms with Crippen molar-refractivity contribution in [3.63, 3.8) is 0 Å². The van der Waals surface area contributed by atoms with E-state index in [2.05, 4.69) is 5.32 Å². The number of rotatable bonds is 3. The van der Waals surface area contributed by atoms with Crippen molar-refractivity contribution >= 4 is 17.5 Å². The van der Waals surface area contributed by atoms with Crippen LogP contribution in [-0.4, -0.2) is 23.9 Å². The maximum absolute atomic E-state index is 13.4. The van der Waals surface area contributed by atoms with Gasteiger partial charge >= 0.3 is 0 Å². The highest BCUT2D eigenvalue weighted by molar-refractivity contribution is 6.08. The summed E-state index contributed by atoms with van der Waals surface area (Å²) in [5, 5.41) is 2.66. The quantitative estimate of drug-likeness (QED) is 0.930. The Balaban J connectivity index is 2.52. The minimum Gasteiger partial charge on any atom is -0.342 e. The van der Waals surface area contributed by atoms with Crippen molar-refractivity contribution in [1.29, 1.82) is 0 Å². The third-order valence-electron chi connectivity index (χ3n) is 3.56. The van der Waals surface area contributed by atoms with E-state index in [4.69, 9.17) is 0 Å². The van der Waals surface area contributed by atoms with Gasteiger partial charge < -0.3 is 5.32 Å². The molecule has 1 saturated heterocycles. The summed E-state index contributed by atoms with van der Waals surface area (Å²) in [7, 11) is 0. The van der Waals surface area contributed by atoms with E-state index in [9.17, 15) is 18.4 Å². The van der Waals surface area contributed by atoms with Crippen molar-refractivity contribution in [3.05, 3.63) is 29.8 Å². The maximum Gasteiger partial charge on any atom is 0.250 e. The zero-order chi connectivity index (χ0) is 15.7. The van der Waals surface area contributed by atoms with Crippen LogP contribution in [0.3, 0.4) is 0 Å². The highest BCUT2D eigenvalue weighted by Crippen LogP contribution is 2.27. The van der Waals surface area contributed by atoms with Gasteiger partial charge in [-0.3, -0.25) is 14.5 Å². The van der Waals surface area contributed by atoms with Crippen molar-refractivity contribution in [2.45, 2.75) is 39.3 Å². The SMILES string of the molecule is CCC1NC(=O)C(C(C)C)N(c2cc(F)cc(F)c2)C1=O. The lowest BCUT2D eigenvalue weighted by Crippen LogP contribution is -2.65. The van der Waals surface area contributed by atoms with Gasteiger partial charge in [0.15, 0.2) is 0 Å². The molecule has 1 N–H and O–H groups in total. The van der Waals surface area contributed by atoms with Crippen LogP contribution in [-0.2, 0) is 9.59 Å². The normalized spacial score (nSPS) is 22.7. The molecule has 1 heterocycles. The van der Waals surface area contributed by atoms with Gasteiger partial charge in [0.05, 0.1) is 5.69 Å². The average Bonchev–Trinajstić information content (AvgIpc) is 2.38. The molecule has 1 aliphatic rings. The van der Waals surface area contributed by atoms with Crippen LogP contribution in [0.15, 0.2) is 18.2 Å². The molecule has 2 rings (SSSR count). The Hall–Kier alpha value is -1.98. The van der Waals surface area contributed by atoms with Gasteiger partial charge in [0.2, 0.25) is 11.8 Å². The Morgan fingerprint density at radius 3 is 2.24 bits per heavy atom. The van der Waals surface area contributed by atoms with Gasteiger partial charge in [-0.05, 0) is 24.5 Å². The van der Waals surface area contributed by atoms with Crippen LogP contribution in [0.5, 0.6) is 0 Å². The fraction of sp³-hybridized carbons (Fsp3) is 0.467. The zero-order valence-corrected chi connectivity index (χ0v) is 12.2. The Kier molecular flexibility index (Phi) is 4.25. The van der Waals surface area contributed by atoms with E-state index >= 15 is 0 Å². The number of carbonyl (C=O) groups is 2. The van der Waals surface area contributed by atoms with Crippen molar-refractivity contribution in [2.24, 2.45) is 5.92 Å². The van der Waals surface area contributed by atoms with Crippen LogP contribution >= 0.6 is 0 Å². The lowest BCUT2D eigenvalue weighted by Gasteiger charge is -2.40. The lowest BCUT2D eigenvalue weighted by atomic mass is 9.95. The fourth-order valence-corrected chi connectivity index (χ4v) is 2.58. The highest BCUT2D eigenvalue weighted by atomic mass is 19.1. The molecule has 21 heavy (non-hydrogen) atoms. The van der Waals surface area contributed by atoms with Crippen LogP contribution in [0.1, 0.15) is 27.2 Å². The first-order valence-corrected chi connectivity index (χ1v) is 6.94. The summed E-state index contributed by atoms with van der Waals surface area (Å²) in [6, 6.07) is 1.43. The summed E-state index contributed by atoms with van der Waals surface area (Å²) in [5.74, 6) is -2.39. The van der Waals surface area contributed by atoms with E-state index in [1.807, 2.05) is 0 Å². The predicted octanol–water partition coefficient (Wildman–Crippen LogP) is 2.23. The van der Waals surface area contributed by atoms with E-state index in [0.717, 1.165) is 18.2 Å². The second-order valence-electron chi connectivity index (χ2n) is 5.49. The molecule has 1 aromatic rings. The van der Waals surface area contributed by atoms with E-state index < -0.39 is 23.7 Å². The molecule has 0 aliphatic carbocycles. The monoisotopic (exact) mass is 296 g/mol. The number of amides is 2. The van der Waals surface area contributed by atoms with Gasteiger partial charge in [-0.25, -0.2) is 8.78 Å². The first-order valence-electron chi connectivity index (χ1n) is 6.94. The molecule has 4 nitrogen and oxygen atoms in total. The van der Waals surface area contributed by atoms with Crippen molar-refractivity contribution < 1.29 is 18.4 Å². The van der Waals surface area contributed by atoms with Crippen LogP contribution in [0.2, 0.25) is 0 Å². The Bertz CT molecular complexity index is 555. The van der Waals surface area contributed by atoms with E-state index in [0.29, 0.717) is 6.42 Å². The van der Waals surface area contributed by atoms with E-state index in [-0.39, 0.29) is 23.4 Å². The molecular weight excluding hydrogens is 278 g/mol. The molecule has 0 bridgehead atoms. The summed E-state index contributed by atoms with van der Waals surface area (Å²) >= 11 is 0. The van der Waals surface area contributed by atoms with E-state index in [1.54, 1.807) is 20.8 Å². The van der Waals surface area contributed by atoms with E-state index in [1.165, 1.54) is 4.90 Å². The number of nitrogens with zero attached hydrogens (tertiary/aromatic N) is 1. The summed E-state index contributed by atoms with van der Waals surface area (Å²) in [6.45, 7) is 5.34. The molecule has 2 amide bonds. The standard InChI is InChI=1S/C15H18F2N2O2/c1-4-12-15(21)19(13(8(2)3)14(20)18-12)11-6-9(16)5-10(17)7-11/h5-8,12-13H,4H2,1-3H3,(H,18,20). The molecular formula is C15H18F2N2O2. The Labute approximate surface area is 122 Å². The molecule has 0 saturated carbocycles. The third-order valence-corrected chi connectivity index (χ3v) is 3.56. The van der Waals surface area contributed by atoms with Gasteiger partial charge in [0.25, 0.3) is 0 Å². The molecule has 114 valence electrons. The second-order valence-corrected chi connectivity index (χ2v) is 5.49. The smallest absolute Gasteiger partial charge is 0.250 e. The number of nitrogens with one attached hydrogen (secondary N) is 1. The van der Waals surface area contributed by atoms with Crippen LogP contribution in [0.25, 0.3) is 0 Å². The maximum atomic E-state index is 13.4. The minimum atomic E-state index is -0.778. The number of benzene rings is 1. The van der Waals surface area contributed by atoms with Crippen molar-refractivity contribution in [1.82, 2.24) is 5.32 Å². The first-order chi connectivity index (χ1) is 9.85. The van der Waals surface area contributed by atoms with Gasteiger partial charge in [-0.1, -0.05) is 20.8 Å². The summed E-state index contributed by atoms with van der Waals surface area (Å²) in [5.41, 5.74) is 0.0736. The molecule has 6 heteroatoms. The third kappa shape index (κ3) is 2.89. The lowest BCUT2D eigenvalue weighted by molar-refractivity contribution is -0.134. The second kappa shape index (κ2) is 5.79. The summed E-state index contributed by atoms with van der Waals surface area (Å²) in [6.07, 6.45) is 0.420. The number of piperazine rings is 1. The Morgan fingerprint density at radius 2 is 1.76 bits per heavy atom. The average molecular weight is 296 g/mol. The largest absolute Gasteiger partial charge is 0.342 e. The molecule has 1 aliphatic heterocycles. The number of carbonyl (C=O) groups excluding carboxylic acids is 2. The van der Waals surface area contributed by atoms with Gasteiger partial charge in [-0.2, -0.15) is 0 Å². The molecule has 0 aromatic heterocycles. The van der Waals surface area contributed by atoms with Crippen LogP contribution in [0.4, 0.5) is 14.5 Å². The molecule has 2 unspecified atom stereocenters. The topological polar surface area (TPSA) is 49.4 Å². The minimum absolute atomic E-state index is 0.0736. The van der Waals surface area contributed by atoms with Crippen molar-refractivity contribution in [2.75, 3.05) is 4.90 Å². The Morgan fingerprint density at radius 1 is 1.19 bits per heavy atom. The summed E-state index contributed by atoms with van der Waals surface area (Å²) < 4.78 is 26.9. The van der Waals surface area contributed by atoms with Gasteiger partial charge in [-0.15, -0.1) is 0 Å². The zero-order valence-electron chi connectivity index (χ0n) is 12.2. The van der Waals surface area contributed by atoms with Crippen LogP contribution < -0.4 is 10.2 Å². The number of halogens is 2. The van der Waals surface area contributed by atoms with Gasteiger partial charge in [0, 0.05) is 6.07 Å². The fourth-order valence-electron chi connectivity index (χ4n) is 2.58. The van der Waals surface area contributed by atoms with Crippen molar-refractivity contribution in [3.8, 4) is 0 Å². The molecule has 1 fully saturated rings. The summed E-state index contributed by atoms with van der Waals surface area (Å²) in [4.78, 5) is 25.9.